The standard InChI is InChI=1S/C17H17N3O3/c1-12-9-15(20-22-12)11-17(21)18-8-7-14-10-16(23-19-14)13-5-3-2-4-6-13/h2-6,9-10H,7-8,11H2,1H3,(H,18,21). The molecule has 0 unspecified atom stereocenters. The third-order valence-electron chi connectivity index (χ3n) is 3.34. The van der Waals surface area contributed by atoms with Crippen LogP contribution in [0.2, 0.25) is 0 Å². The van der Waals surface area contributed by atoms with Gasteiger partial charge in [-0.3, -0.25) is 4.79 Å². The Morgan fingerprint density at radius 1 is 1.09 bits per heavy atom. The maximum absolute atomic E-state index is 11.8. The fraction of sp³-hybridized carbons (Fsp3) is 0.235. The summed E-state index contributed by atoms with van der Waals surface area (Å²) in [4.78, 5) is 11.8. The van der Waals surface area contributed by atoms with Crippen molar-refractivity contribution >= 4 is 5.91 Å². The normalized spacial score (nSPS) is 10.7. The molecule has 0 aliphatic rings. The number of aryl methyl sites for hydroxylation is 1. The van der Waals surface area contributed by atoms with E-state index < -0.39 is 0 Å². The van der Waals surface area contributed by atoms with Crippen LogP contribution in [-0.2, 0) is 17.6 Å². The number of amides is 1. The van der Waals surface area contributed by atoms with Gasteiger partial charge in [0.1, 0.15) is 5.76 Å². The average molecular weight is 311 g/mol. The lowest BCUT2D eigenvalue weighted by atomic mass is 10.1. The van der Waals surface area contributed by atoms with Crippen molar-refractivity contribution in [2.75, 3.05) is 6.54 Å². The third-order valence-corrected chi connectivity index (χ3v) is 3.34. The summed E-state index contributed by atoms with van der Waals surface area (Å²) >= 11 is 0. The minimum atomic E-state index is -0.0925. The Bertz CT molecular complexity index is 777. The lowest BCUT2D eigenvalue weighted by molar-refractivity contribution is -0.120. The van der Waals surface area contributed by atoms with Crippen molar-refractivity contribution in [3.63, 3.8) is 0 Å². The second-order valence-electron chi connectivity index (χ2n) is 5.25. The highest BCUT2D eigenvalue weighted by Crippen LogP contribution is 2.19. The smallest absolute Gasteiger partial charge is 0.226 e. The molecule has 0 atom stereocenters. The van der Waals surface area contributed by atoms with Crippen LogP contribution in [-0.4, -0.2) is 22.8 Å². The van der Waals surface area contributed by atoms with Gasteiger partial charge in [-0.2, -0.15) is 0 Å². The predicted octanol–water partition coefficient (Wildman–Crippen LogP) is 2.54. The molecule has 6 nitrogen and oxygen atoms in total. The van der Waals surface area contributed by atoms with Crippen LogP contribution in [0.1, 0.15) is 17.1 Å². The van der Waals surface area contributed by atoms with Crippen molar-refractivity contribution in [3.05, 3.63) is 59.6 Å². The van der Waals surface area contributed by atoms with Crippen LogP contribution < -0.4 is 5.32 Å². The number of carbonyl (C=O) groups excluding carboxylic acids is 1. The molecule has 1 aromatic carbocycles. The average Bonchev–Trinajstić information content (AvgIpc) is 3.17. The molecule has 0 bridgehead atoms. The van der Waals surface area contributed by atoms with Crippen molar-refractivity contribution in [1.82, 2.24) is 15.6 Å². The van der Waals surface area contributed by atoms with E-state index in [0.717, 1.165) is 17.0 Å². The highest BCUT2D eigenvalue weighted by Gasteiger charge is 2.09. The molecule has 0 aliphatic carbocycles. The summed E-state index contributed by atoms with van der Waals surface area (Å²) in [5.41, 5.74) is 2.42. The topological polar surface area (TPSA) is 81.2 Å². The largest absolute Gasteiger partial charge is 0.361 e. The van der Waals surface area contributed by atoms with E-state index in [2.05, 4.69) is 15.6 Å². The van der Waals surface area contributed by atoms with Gasteiger partial charge in [0.25, 0.3) is 0 Å². The van der Waals surface area contributed by atoms with Gasteiger partial charge >= 0.3 is 0 Å². The molecule has 6 heteroatoms. The van der Waals surface area contributed by atoms with E-state index in [4.69, 9.17) is 9.05 Å². The second-order valence-corrected chi connectivity index (χ2v) is 5.25. The summed E-state index contributed by atoms with van der Waals surface area (Å²) in [5, 5.41) is 10.7. The fourth-order valence-electron chi connectivity index (χ4n) is 2.23. The first kappa shape index (κ1) is 15.0. The lowest BCUT2D eigenvalue weighted by Gasteiger charge is -2.01. The molecule has 3 rings (SSSR count). The van der Waals surface area contributed by atoms with E-state index in [1.807, 2.05) is 36.4 Å². The van der Waals surface area contributed by atoms with Gasteiger partial charge < -0.3 is 14.4 Å². The van der Waals surface area contributed by atoms with Gasteiger partial charge in [-0.15, -0.1) is 0 Å². The summed E-state index contributed by atoms with van der Waals surface area (Å²) in [7, 11) is 0. The first-order valence-corrected chi connectivity index (χ1v) is 7.40. The Labute approximate surface area is 133 Å². The molecule has 0 aliphatic heterocycles. The Kier molecular flexibility index (Phi) is 4.52. The van der Waals surface area contributed by atoms with E-state index in [1.165, 1.54) is 0 Å². The molecule has 1 N–H and O–H groups in total. The zero-order valence-corrected chi connectivity index (χ0v) is 12.8. The molecule has 0 saturated carbocycles. The maximum atomic E-state index is 11.8. The number of carbonyl (C=O) groups is 1. The van der Waals surface area contributed by atoms with E-state index in [-0.39, 0.29) is 12.3 Å². The first-order chi connectivity index (χ1) is 11.2. The van der Waals surface area contributed by atoms with Gasteiger partial charge in [-0.05, 0) is 6.92 Å². The van der Waals surface area contributed by atoms with Gasteiger partial charge in [0.15, 0.2) is 5.76 Å². The Morgan fingerprint density at radius 3 is 2.61 bits per heavy atom. The van der Waals surface area contributed by atoms with Gasteiger partial charge in [0.05, 0.1) is 17.8 Å². The minimum Gasteiger partial charge on any atom is -0.361 e. The first-order valence-electron chi connectivity index (χ1n) is 7.40. The number of rotatable bonds is 6. The minimum absolute atomic E-state index is 0.0925. The fourth-order valence-corrected chi connectivity index (χ4v) is 2.23. The van der Waals surface area contributed by atoms with Gasteiger partial charge in [0, 0.05) is 30.7 Å². The highest BCUT2D eigenvalue weighted by molar-refractivity contribution is 5.78. The Balaban J connectivity index is 1.47. The van der Waals surface area contributed by atoms with E-state index in [1.54, 1.807) is 13.0 Å². The molecule has 23 heavy (non-hydrogen) atoms. The van der Waals surface area contributed by atoms with Crippen molar-refractivity contribution < 1.29 is 13.8 Å². The van der Waals surface area contributed by atoms with E-state index >= 15 is 0 Å². The van der Waals surface area contributed by atoms with Crippen LogP contribution in [0.15, 0.2) is 51.5 Å². The third kappa shape index (κ3) is 4.06. The monoisotopic (exact) mass is 311 g/mol. The van der Waals surface area contributed by atoms with Crippen molar-refractivity contribution in [3.8, 4) is 11.3 Å². The zero-order valence-electron chi connectivity index (χ0n) is 12.8. The van der Waals surface area contributed by atoms with E-state index in [0.29, 0.717) is 24.4 Å². The number of hydrogen-bond donors (Lipinski definition) is 1. The van der Waals surface area contributed by atoms with Crippen LogP contribution in [0.4, 0.5) is 0 Å². The van der Waals surface area contributed by atoms with Gasteiger partial charge in [0.2, 0.25) is 5.91 Å². The molecule has 0 radical (unpaired) electrons. The molecule has 1 amide bonds. The Morgan fingerprint density at radius 2 is 1.87 bits per heavy atom. The lowest BCUT2D eigenvalue weighted by Crippen LogP contribution is -2.27. The predicted molar refractivity (Wildman–Crippen MR) is 83.6 cm³/mol. The summed E-state index contributed by atoms with van der Waals surface area (Å²) in [6.45, 7) is 2.29. The van der Waals surface area contributed by atoms with Crippen LogP contribution in [0, 0.1) is 6.92 Å². The maximum Gasteiger partial charge on any atom is 0.226 e. The highest BCUT2D eigenvalue weighted by atomic mass is 16.5. The number of nitrogens with zero attached hydrogens (tertiary/aromatic N) is 2. The summed E-state index contributed by atoms with van der Waals surface area (Å²) < 4.78 is 10.3. The molecule has 3 aromatic rings. The molecule has 0 saturated heterocycles. The summed E-state index contributed by atoms with van der Waals surface area (Å²) in [6, 6.07) is 13.4. The van der Waals surface area contributed by atoms with Gasteiger partial charge in [-0.1, -0.05) is 40.6 Å². The van der Waals surface area contributed by atoms with Crippen LogP contribution >= 0.6 is 0 Å². The van der Waals surface area contributed by atoms with Crippen molar-refractivity contribution in [2.45, 2.75) is 19.8 Å². The molecule has 0 spiro atoms. The SMILES string of the molecule is Cc1cc(CC(=O)NCCc2cc(-c3ccccc3)on2)no1. The number of aromatic nitrogens is 2. The quantitative estimate of drug-likeness (QED) is 0.756. The van der Waals surface area contributed by atoms with Crippen LogP contribution in [0.5, 0.6) is 0 Å². The molecule has 118 valence electrons. The van der Waals surface area contributed by atoms with Crippen LogP contribution in [0.3, 0.4) is 0 Å². The Hall–Kier alpha value is -2.89. The molecular weight excluding hydrogens is 294 g/mol. The van der Waals surface area contributed by atoms with Gasteiger partial charge in [-0.25, -0.2) is 0 Å². The zero-order chi connectivity index (χ0) is 16.1. The van der Waals surface area contributed by atoms with Crippen molar-refractivity contribution in [1.29, 1.82) is 0 Å². The molecular formula is C17H17N3O3. The number of hydrogen-bond acceptors (Lipinski definition) is 5. The van der Waals surface area contributed by atoms with E-state index in [9.17, 15) is 4.79 Å². The molecule has 2 heterocycles. The number of nitrogens with one attached hydrogen (secondary N) is 1. The second kappa shape index (κ2) is 6.91. The van der Waals surface area contributed by atoms with Crippen LogP contribution in [0.25, 0.3) is 11.3 Å². The summed E-state index contributed by atoms with van der Waals surface area (Å²) in [5.74, 6) is 1.33. The molecule has 0 fully saturated rings. The number of benzene rings is 1. The van der Waals surface area contributed by atoms with Crippen molar-refractivity contribution in [2.24, 2.45) is 0 Å². The summed E-state index contributed by atoms with van der Waals surface area (Å²) in [6.07, 6.45) is 0.825. The molecule has 2 aromatic heterocycles.